The van der Waals surface area contributed by atoms with Crippen molar-refractivity contribution in [3.8, 4) is 0 Å². The van der Waals surface area contributed by atoms with E-state index in [1.807, 2.05) is 25.6 Å². The van der Waals surface area contributed by atoms with Crippen LogP contribution >= 0.6 is 11.8 Å². The molecule has 1 heterocycles. The Morgan fingerprint density at radius 2 is 1.48 bits per heavy atom. The average molecular weight is 817 g/mol. The Morgan fingerprint density at radius 3 is 2.11 bits per heavy atom. The highest BCUT2D eigenvalue weighted by Gasteiger charge is 2.72. The Morgan fingerprint density at radius 1 is 0.786 bits per heavy atom. The van der Waals surface area contributed by atoms with Crippen molar-refractivity contribution in [3.05, 3.63) is 0 Å². The number of esters is 1. The fraction of sp³-hybridized carbons (Fsp3) is 0.957. The van der Waals surface area contributed by atoms with Crippen molar-refractivity contribution >= 4 is 33.5 Å². The molecule has 2 N–H and O–H groups in total. The van der Waals surface area contributed by atoms with Gasteiger partial charge < -0.3 is 15.2 Å². The second-order valence-electron chi connectivity index (χ2n) is 23.1. The molecule has 7 saturated carbocycles. The molecule has 1 aliphatic heterocycles. The maximum atomic E-state index is 13.7. The number of thioether (sulfide) groups is 1. The van der Waals surface area contributed by atoms with Crippen LogP contribution in [0.25, 0.3) is 0 Å². The molecule has 0 radical (unpaired) electrons. The second kappa shape index (κ2) is 13.8. The molecule has 56 heavy (non-hydrogen) atoms. The summed E-state index contributed by atoms with van der Waals surface area (Å²) < 4.78 is 31.2. The van der Waals surface area contributed by atoms with E-state index in [9.17, 15) is 23.1 Å². The molecule has 8 fully saturated rings. The lowest BCUT2D eigenvalue weighted by atomic mass is 9.32. The van der Waals surface area contributed by atoms with Crippen LogP contribution in [0, 0.1) is 73.9 Å². The first kappa shape index (κ1) is 41.9. The highest BCUT2D eigenvalue weighted by Crippen LogP contribution is 2.78. The average Bonchev–Trinajstić information content (AvgIpc) is 3.73. The number of nitrogens with one attached hydrogen (secondary N) is 1. The van der Waals surface area contributed by atoms with Gasteiger partial charge in [0.05, 0.1) is 23.3 Å². The number of rotatable bonds is 10. The van der Waals surface area contributed by atoms with Gasteiger partial charge in [-0.15, -0.1) is 0 Å². The van der Waals surface area contributed by atoms with Crippen LogP contribution in [0.15, 0.2) is 0 Å². The molecule has 0 aromatic heterocycles. The highest BCUT2D eigenvalue weighted by molar-refractivity contribution is 7.98. The van der Waals surface area contributed by atoms with Crippen LogP contribution in [0.5, 0.6) is 0 Å². The summed E-state index contributed by atoms with van der Waals surface area (Å²) in [6.45, 7) is 21.6. The Kier molecular flexibility index (Phi) is 10.3. The van der Waals surface area contributed by atoms with Crippen LogP contribution in [0.3, 0.4) is 0 Å². The number of carboxylic acids is 1. The van der Waals surface area contributed by atoms with Crippen LogP contribution in [0.1, 0.15) is 139 Å². The lowest BCUT2D eigenvalue weighted by Gasteiger charge is -2.73. The predicted molar refractivity (Wildman–Crippen MR) is 225 cm³/mol. The van der Waals surface area contributed by atoms with E-state index in [4.69, 9.17) is 4.74 Å². The van der Waals surface area contributed by atoms with Gasteiger partial charge in [0.25, 0.3) is 0 Å². The molecule has 0 bridgehead atoms. The minimum Gasteiger partial charge on any atom is -0.481 e. The molecule has 318 valence electrons. The molecule has 0 amide bonds. The van der Waals surface area contributed by atoms with Gasteiger partial charge in [-0.25, -0.2) is 8.42 Å². The first-order chi connectivity index (χ1) is 26.1. The lowest BCUT2D eigenvalue weighted by Crippen LogP contribution is -2.69. The molecule has 7 aliphatic carbocycles. The third kappa shape index (κ3) is 6.25. The number of ether oxygens (including phenoxy) is 1. The van der Waals surface area contributed by atoms with Gasteiger partial charge in [0.1, 0.15) is 6.10 Å². The zero-order valence-electron chi connectivity index (χ0n) is 36.4. The number of fused-ring (bicyclic) bond motifs is 7. The number of hydrogen-bond acceptors (Lipinski definition) is 8. The minimum absolute atomic E-state index is 0.131. The van der Waals surface area contributed by atoms with Crippen LogP contribution < -0.4 is 5.32 Å². The fourth-order valence-corrected chi connectivity index (χ4v) is 18.2. The van der Waals surface area contributed by atoms with Crippen LogP contribution in [0.4, 0.5) is 0 Å². The molecule has 10 heteroatoms. The van der Waals surface area contributed by atoms with E-state index in [1.54, 1.807) is 0 Å². The fourth-order valence-electron chi connectivity index (χ4n) is 16.3. The monoisotopic (exact) mass is 817 g/mol. The molecule has 0 spiro atoms. The highest BCUT2D eigenvalue weighted by atomic mass is 32.2. The van der Waals surface area contributed by atoms with Gasteiger partial charge in [-0.3, -0.25) is 14.5 Å². The summed E-state index contributed by atoms with van der Waals surface area (Å²) in [5, 5.41) is 14.1. The maximum absolute atomic E-state index is 13.7. The third-order valence-electron chi connectivity index (χ3n) is 20.4. The lowest BCUT2D eigenvalue weighted by molar-refractivity contribution is -0.249. The molecule has 8 nitrogen and oxygen atoms in total. The van der Waals surface area contributed by atoms with Gasteiger partial charge in [0.15, 0.2) is 9.84 Å². The largest absolute Gasteiger partial charge is 0.481 e. The molecule has 0 aromatic rings. The summed E-state index contributed by atoms with van der Waals surface area (Å²) in [5.41, 5.74) is 0.660. The van der Waals surface area contributed by atoms with E-state index in [-0.39, 0.29) is 45.2 Å². The van der Waals surface area contributed by atoms with Crippen molar-refractivity contribution < 1.29 is 27.9 Å². The van der Waals surface area contributed by atoms with Crippen LogP contribution in [-0.4, -0.2) is 91.2 Å². The number of nitrogens with zero attached hydrogens (tertiary/aromatic N) is 1. The standard InChI is InChI=1S/C46H76N2O6S2/c1-40(2)32(38(49)50)26-33(40)39(51)54-36-14-15-43(6)34(41(36,3)4)13-16-45(8)35(43)11-10-31-37-30(42(5)18-19-42)12-17-46(37,21-20-44(31,45)7)47-27-29(28-55-9)48-22-24-56(52,53)25-23-48/h29-37,47H,10-28H2,1-9H3,(H,49,50)/t29?,30-,31-,32+,33-,34+,35-,36+,37-,43+,44-,45-,46+/m1/s1. The molecular weight excluding hydrogens is 741 g/mol. The molecule has 13 atom stereocenters. The van der Waals surface area contributed by atoms with Gasteiger partial charge in [0, 0.05) is 42.4 Å². The number of aliphatic carboxylic acids is 1. The summed E-state index contributed by atoms with van der Waals surface area (Å²) in [6, 6.07) is 0.363. The summed E-state index contributed by atoms with van der Waals surface area (Å²) in [7, 11) is -2.91. The summed E-state index contributed by atoms with van der Waals surface area (Å²) >= 11 is 1.90. The van der Waals surface area contributed by atoms with E-state index >= 15 is 0 Å². The number of carbonyl (C=O) groups excluding carboxylic acids is 1. The van der Waals surface area contributed by atoms with Crippen LogP contribution in [0.2, 0.25) is 0 Å². The van der Waals surface area contributed by atoms with Crippen molar-refractivity contribution in [3.63, 3.8) is 0 Å². The third-order valence-corrected chi connectivity index (χ3v) is 22.7. The van der Waals surface area contributed by atoms with Crippen LogP contribution in [-0.2, 0) is 24.2 Å². The Labute approximate surface area is 343 Å². The Bertz CT molecular complexity index is 1660. The molecular formula is C46H76N2O6S2. The quantitative estimate of drug-likeness (QED) is 0.210. The van der Waals surface area contributed by atoms with Gasteiger partial charge >= 0.3 is 11.9 Å². The van der Waals surface area contributed by atoms with Crippen molar-refractivity contribution in [2.45, 2.75) is 157 Å². The van der Waals surface area contributed by atoms with E-state index < -0.39 is 27.1 Å². The molecule has 1 saturated heterocycles. The van der Waals surface area contributed by atoms with E-state index in [0.717, 1.165) is 31.1 Å². The second-order valence-corrected chi connectivity index (χ2v) is 26.3. The van der Waals surface area contributed by atoms with Crippen molar-refractivity contribution in [1.82, 2.24) is 10.2 Å². The summed E-state index contributed by atoms with van der Waals surface area (Å²) in [4.78, 5) is 28.0. The molecule has 1 unspecified atom stereocenters. The number of carboxylic acid groups (broad SMARTS) is 1. The summed E-state index contributed by atoms with van der Waals surface area (Å²) in [5.74, 6) is 3.12. The topological polar surface area (TPSA) is 113 Å². The molecule has 8 aliphatic rings. The molecule has 0 aromatic carbocycles. The van der Waals surface area contributed by atoms with E-state index in [1.165, 1.54) is 64.2 Å². The normalized spacial score (nSPS) is 47.5. The zero-order chi connectivity index (χ0) is 40.5. The van der Waals surface area contributed by atoms with Gasteiger partial charge in [-0.1, -0.05) is 55.4 Å². The van der Waals surface area contributed by atoms with Crippen molar-refractivity contribution in [2.75, 3.05) is 43.1 Å². The first-order valence-corrected chi connectivity index (χ1v) is 25.9. The predicted octanol–water partition coefficient (Wildman–Crippen LogP) is 8.33. The minimum atomic E-state index is -2.91. The maximum Gasteiger partial charge on any atom is 0.309 e. The van der Waals surface area contributed by atoms with E-state index in [0.29, 0.717) is 66.1 Å². The van der Waals surface area contributed by atoms with Gasteiger partial charge in [0.2, 0.25) is 0 Å². The zero-order valence-corrected chi connectivity index (χ0v) is 38.0. The van der Waals surface area contributed by atoms with Gasteiger partial charge in [-0.2, -0.15) is 11.8 Å². The SMILES string of the molecule is CSCC(CN[C@]12CC[C@@H](C3(C)CC3)[C@@H]1[C@H]1CC[C@@H]3[C@@]4(C)CC[C@H](OC(=O)[C@H]5C[C@@H](C(=O)O)C5(C)C)C(C)(C)[C@@H]4CC[C@@]3(C)[C@]1(C)CC2)N1CCS(=O)(=O)CC1. The molecule has 8 rings (SSSR count). The smallest absolute Gasteiger partial charge is 0.309 e. The number of carbonyl (C=O) groups is 2. The Balaban J connectivity index is 1.02. The first-order valence-electron chi connectivity index (χ1n) is 22.7. The van der Waals surface area contributed by atoms with Crippen molar-refractivity contribution in [2.24, 2.45) is 73.9 Å². The Hall–Kier alpha value is -0.840. The van der Waals surface area contributed by atoms with Gasteiger partial charge in [-0.05, 0) is 146 Å². The van der Waals surface area contributed by atoms with Crippen molar-refractivity contribution in [1.29, 1.82) is 0 Å². The number of sulfone groups is 1. The summed E-state index contributed by atoms with van der Waals surface area (Å²) in [6.07, 6.45) is 17.4. The van der Waals surface area contributed by atoms with E-state index in [2.05, 4.69) is 58.0 Å². The number of hydrogen-bond donors (Lipinski definition) is 2.